The number of rotatable bonds is 6. The molecule has 1 aromatic rings. The highest BCUT2D eigenvalue weighted by Gasteiger charge is 2.39. The molecule has 0 bridgehead atoms. The van der Waals surface area contributed by atoms with Crippen LogP contribution in [0.15, 0.2) is 12.4 Å². The topological polar surface area (TPSA) is 64.4 Å². The molecule has 120 valence electrons. The van der Waals surface area contributed by atoms with E-state index in [1.807, 2.05) is 20.2 Å². The standard InChI is InChI=1S/C14H25N3O3S/c1-4-5-6-9-21(18,19)17-7-8-20-14(2,12-17)13-10-15-16(3)11-13/h10-11H,4-9,12H2,1-3H3/t14-/m0/s1. The summed E-state index contributed by atoms with van der Waals surface area (Å²) in [4.78, 5) is 0. The minimum atomic E-state index is -3.20. The van der Waals surface area contributed by atoms with Crippen LogP contribution in [-0.2, 0) is 27.4 Å². The summed E-state index contributed by atoms with van der Waals surface area (Å²) < 4.78 is 34.0. The Bertz CT molecular complexity index is 570. The van der Waals surface area contributed by atoms with E-state index in [9.17, 15) is 8.42 Å². The lowest BCUT2D eigenvalue weighted by molar-refractivity contribution is -0.0820. The zero-order valence-electron chi connectivity index (χ0n) is 13.1. The molecule has 0 aromatic carbocycles. The maximum absolute atomic E-state index is 12.4. The molecule has 1 atom stereocenters. The molecule has 1 aliphatic heterocycles. The highest BCUT2D eigenvalue weighted by molar-refractivity contribution is 7.89. The number of sulfonamides is 1. The van der Waals surface area contributed by atoms with Gasteiger partial charge in [-0.2, -0.15) is 9.40 Å². The lowest BCUT2D eigenvalue weighted by atomic mass is 9.98. The van der Waals surface area contributed by atoms with Gasteiger partial charge in [0.05, 0.1) is 18.6 Å². The van der Waals surface area contributed by atoms with Gasteiger partial charge < -0.3 is 4.74 Å². The van der Waals surface area contributed by atoms with Crippen molar-refractivity contribution >= 4 is 10.0 Å². The average molecular weight is 315 g/mol. The van der Waals surface area contributed by atoms with Crippen LogP contribution in [0.3, 0.4) is 0 Å². The van der Waals surface area contributed by atoms with Crippen molar-refractivity contribution in [2.24, 2.45) is 7.05 Å². The molecule has 0 spiro atoms. The fraction of sp³-hybridized carbons (Fsp3) is 0.786. The number of unbranched alkanes of at least 4 members (excludes halogenated alkanes) is 2. The van der Waals surface area contributed by atoms with Crippen molar-refractivity contribution in [3.63, 3.8) is 0 Å². The Hall–Kier alpha value is -0.920. The van der Waals surface area contributed by atoms with Crippen LogP contribution in [0, 0.1) is 0 Å². The number of morpholine rings is 1. The van der Waals surface area contributed by atoms with Crippen LogP contribution >= 0.6 is 0 Å². The Morgan fingerprint density at radius 1 is 1.43 bits per heavy atom. The van der Waals surface area contributed by atoms with Gasteiger partial charge >= 0.3 is 0 Å². The number of hydrogen-bond acceptors (Lipinski definition) is 4. The van der Waals surface area contributed by atoms with E-state index < -0.39 is 15.6 Å². The van der Waals surface area contributed by atoms with Crippen molar-refractivity contribution in [2.45, 2.75) is 38.7 Å². The molecule has 0 saturated carbocycles. The van der Waals surface area contributed by atoms with Gasteiger partial charge in [0.25, 0.3) is 0 Å². The Morgan fingerprint density at radius 3 is 2.81 bits per heavy atom. The lowest BCUT2D eigenvalue weighted by Gasteiger charge is -2.39. The molecular weight excluding hydrogens is 290 g/mol. The van der Waals surface area contributed by atoms with Gasteiger partial charge in [-0.25, -0.2) is 8.42 Å². The van der Waals surface area contributed by atoms with Crippen LogP contribution in [-0.4, -0.2) is 48.0 Å². The summed E-state index contributed by atoms with van der Waals surface area (Å²) in [6.07, 6.45) is 6.32. The van der Waals surface area contributed by atoms with Crippen LogP contribution < -0.4 is 0 Å². The summed E-state index contributed by atoms with van der Waals surface area (Å²) in [6.45, 7) is 5.20. The first kappa shape index (κ1) is 16.5. The summed E-state index contributed by atoms with van der Waals surface area (Å²) in [5, 5.41) is 4.15. The molecule has 1 saturated heterocycles. The molecular formula is C14H25N3O3S. The van der Waals surface area contributed by atoms with Gasteiger partial charge in [0.15, 0.2) is 0 Å². The number of hydrogen-bond donors (Lipinski definition) is 0. The molecule has 0 aliphatic carbocycles. The molecule has 2 rings (SSSR count). The minimum Gasteiger partial charge on any atom is -0.368 e. The predicted octanol–water partition coefficient (Wildman–Crippen LogP) is 1.49. The third kappa shape index (κ3) is 3.84. The average Bonchev–Trinajstić information content (AvgIpc) is 2.86. The monoisotopic (exact) mass is 315 g/mol. The molecule has 1 aromatic heterocycles. The Kier molecular flexibility index (Phi) is 5.06. The maximum Gasteiger partial charge on any atom is 0.214 e. The van der Waals surface area contributed by atoms with Crippen LogP contribution in [0.1, 0.15) is 38.7 Å². The van der Waals surface area contributed by atoms with E-state index in [-0.39, 0.29) is 5.75 Å². The summed E-state index contributed by atoms with van der Waals surface area (Å²) >= 11 is 0. The Balaban J connectivity index is 2.09. The van der Waals surface area contributed by atoms with E-state index >= 15 is 0 Å². The molecule has 6 nitrogen and oxygen atoms in total. The van der Waals surface area contributed by atoms with E-state index in [1.165, 1.54) is 0 Å². The van der Waals surface area contributed by atoms with Crippen LogP contribution in [0.25, 0.3) is 0 Å². The molecule has 1 aliphatic rings. The highest BCUT2D eigenvalue weighted by atomic mass is 32.2. The second kappa shape index (κ2) is 6.46. The number of nitrogens with zero attached hydrogens (tertiary/aromatic N) is 3. The molecule has 2 heterocycles. The predicted molar refractivity (Wildman–Crippen MR) is 81.4 cm³/mol. The van der Waals surface area contributed by atoms with Gasteiger partial charge in [-0.1, -0.05) is 19.8 Å². The first-order valence-electron chi connectivity index (χ1n) is 7.48. The van der Waals surface area contributed by atoms with Crippen molar-refractivity contribution in [2.75, 3.05) is 25.4 Å². The molecule has 0 N–H and O–H groups in total. The second-order valence-corrected chi connectivity index (χ2v) is 7.93. The van der Waals surface area contributed by atoms with E-state index in [1.54, 1.807) is 15.2 Å². The van der Waals surface area contributed by atoms with Crippen molar-refractivity contribution in [1.29, 1.82) is 0 Å². The SMILES string of the molecule is CCCCCS(=O)(=O)N1CCO[C@](C)(c2cnn(C)c2)C1. The second-order valence-electron chi connectivity index (χ2n) is 5.84. The van der Waals surface area contributed by atoms with E-state index in [2.05, 4.69) is 12.0 Å². The van der Waals surface area contributed by atoms with Crippen molar-refractivity contribution < 1.29 is 13.2 Å². The van der Waals surface area contributed by atoms with Gasteiger partial charge in [0, 0.05) is 31.9 Å². The van der Waals surface area contributed by atoms with Crippen LogP contribution in [0.4, 0.5) is 0 Å². The van der Waals surface area contributed by atoms with Crippen molar-refractivity contribution in [3.8, 4) is 0 Å². The number of aryl methyl sites for hydroxylation is 1. The third-order valence-corrected chi connectivity index (χ3v) is 5.86. The maximum atomic E-state index is 12.4. The molecule has 0 radical (unpaired) electrons. The zero-order valence-corrected chi connectivity index (χ0v) is 13.9. The van der Waals surface area contributed by atoms with Crippen LogP contribution in [0.5, 0.6) is 0 Å². The van der Waals surface area contributed by atoms with E-state index in [0.717, 1.165) is 24.8 Å². The fourth-order valence-corrected chi connectivity index (χ4v) is 4.23. The van der Waals surface area contributed by atoms with E-state index in [4.69, 9.17) is 4.74 Å². The van der Waals surface area contributed by atoms with Gasteiger partial charge in [-0.05, 0) is 13.3 Å². The zero-order chi connectivity index (χ0) is 15.5. The van der Waals surface area contributed by atoms with Crippen molar-refractivity contribution in [3.05, 3.63) is 18.0 Å². The van der Waals surface area contributed by atoms with Gasteiger partial charge in [-0.3, -0.25) is 4.68 Å². The molecule has 21 heavy (non-hydrogen) atoms. The third-order valence-electron chi connectivity index (χ3n) is 3.95. The van der Waals surface area contributed by atoms with Gasteiger partial charge in [0.1, 0.15) is 5.60 Å². The number of aromatic nitrogens is 2. The molecule has 0 amide bonds. The lowest BCUT2D eigenvalue weighted by Crippen LogP contribution is -2.50. The number of ether oxygens (including phenoxy) is 1. The highest BCUT2D eigenvalue weighted by Crippen LogP contribution is 2.30. The Morgan fingerprint density at radius 2 is 2.19 bits per heavy atom. The smallest absolute Gasteiger partial charge is 0.214 e. The van der Waals surface area contributed by atoms with Crippen LogP contribution in [0.2, 0.25) is 0 Å². The first-order chi connectivity index (χ1) is 9.87. The summed E-state index contributed by atoms with van der Waals surface area (Å²) in [5.41, 5.74) is 0.295. The summed E-state index contributed by atoms with van der Waals surface area (Å²) in [7, 11) is -1.36. The normalized spacial score (nSPS) is 24.3. The van der Waals surface area contributed by atoms with Crippen molar-refractivity contribution in [1.82, 2.24) is 14.1 Å². The van der Waals surface area contributed by atoms with Gasteiger partial charge in [0.2, 0.25) is 10.0 Å². The molecule has 0 unspecified atom stereocenters. The van der Waals surface area contributed by atoms with E-state index in [0.29, 0.717) is 19.7 Å². The van der Waals surface area contributed by atoms with Gasteiger partial charge in [-0.15, -0.1) is 0 Å². The Labute approximate surface area is 127 Å². The first-order valence-corrected chi connectivity index (χ1v) is 9.09. The molecule has 1 fully saturated rings. The summed E-state index contributed by atoms with van der Waals surface area (Å²) in [5.74, 6) is 0.226. The summed E-state index contributed by atoms with van der Waals surface area (Å²) in [6, 6.07) is 0. The molecule has 7 heteroatoms. The fourth-order valence-electron chi connectivity index (χ4n) is 2.60. The minimum absolute atomic E-state index is 0.226. The largest absolute Gasteiger partial charge is 0.368 e. The quantitative estimate of drug-likeness (QED) is 0.746.